The zero-order valence-electron chi connectivity index (χ0n) is 17.2. The average molecular weight is 415 g/mol. The normalized spacial score (nSPS) is 25.8. The van der Waals surface area contributed by atoms with Gasteiger partial charge >= 0.3 is 11.7 Å². The third-order valence-electron chi connectivity index (χ3n) is 5.56. The molecule has 0 aliphatic carbocycles. The SMILES string of the molecule is CO[C@@H]1C(O[Si](C)(C)C(C)(C)C)[C@@H](CCC(=O)O)O[C@H]1n1ccc(=O)[nH]c1=O. The molecule has 9 nitrogen and oxygen atoms in total. The highest BCUT2D eigenvalue weighted by atomic mass is 28.4. The van der Waals surface area contributed by atoms with Gasteiger partial charge in [0.1, 0.15) is 12.2 Å². The first kappa shape index (κ1) is 22.5. The van der Waals surface area contributed by atoms with Crippen LogP contribution in [0.4, 0.5) is 0 Å². The first-order valence-corrected chi connectivity index (χ1v) is 12.2. The Morgan fingerprint density at radius 1 is 1.32 bits per heavy atom. The largest absolute Gasteiger partial charge is 0.481 e. The van der Waals surface area contributed by atoms with Crippen LogP contribution >= 0.6 is 0 Å². The minimum absolute atomic E-state index is 0.0739. The van der Waals surface area contributed by atoms with E-state index in [0.717, 1.165) is 0 Å². The number of methoxy groups -OCH3 is 1. The van der Waals surface area contributed by atoms with E-state index in [1.54, 1.807) is 0 Å². The Labute approximate surface area is 164 Å². The maximum absolute atomic E-state index is 12.3. The fourth-order valence-electron chi connectivity index (χ4n) is 2.97. The van der Waals surface area contributed by atoms with E-state index < -0.39 is 50.1 Å². The summed E-state index contributed by atoms with van der Waals surface area (Å²) in [6.07, 6.45) is -1.07. The molecule has 2 N–H and O–H groups in total. The Bertz CT molecular complexity index is 811. The van der Waals surface area contributed by atoms with Crippen molar-refractivity contribution in [3.05, 3.63) is 33.1 Å². The number of aliphatic carboxylic acids is 1. The second-order valence-corrected chi connectivity index (χ2v) is 13.3. The maximum atomic E-state index is 12.3. The molecular formula is C18H30N2O7Si. The second kappa shape index (κ2) is 8.32. The summed E-state index contributed by atoms with van der Waals surface area (Å²) >= 11 is 0. The number of hydrogen-bond donors (Lipinski definition) is 2. The van der Waals surface area contributed by atoms with E-state index in [2.05, 4.69) is 38.8 Å². The monoisotopic (exact) mass is 414 g/mol. The molecule has 1 fully saturated rings. The van der Waals surface area contributed by atoms with Crippen molar-refractivity contribution in [1.82, 2.24) is 9.55 Å². The second-order valence-electron chi connectivity index (χ2n) is 8.56. The summed E-state index contributed by atoms with van der Waals surface area (Å²) in [5.41, 5.74) is -1.13. The predicted octanol–water partition coefficient (Wildman–Crippen LogP) is 1.70. The Morgan fingerprint density at radius 2 is 1.96 bits per heavy atom. The van der Waals surface area contributed by atoms with Gasteiger partial charge in [0.25, 0.3) is 5.56 Å². The highest BCUT2D eigenvalue weighted by Crippen LogP contribution is 2.42. The van der Waals surface area contributed by atoms with E-state index in [1.807, 2.05) is 0 Å². The van der Waals surface area contributed by atoms with Crippen LogP contribution in [0.3, 0.4) is 0 Å². The minimum atomic E-state index is -2.23. The van der Waals surface area contributed by atoms with Crippen molar-refractivity contribution in [1.29, 1.82) is 0 Å². The minimum Gasteiger partial charge on any atom is -0.481 e. The Balaban J connectivity index is 2.41. The smallest absolute Gasteiger partial charge is 0.330 e. The van der Waals surface area contributed by atoms with Crippen LogP contribution in [0, 0.1) is 0 Å². The molecule has 0 aromatic carbocycles. The molecule has 158 valence electrons. The molecule has 0 amide bonds. The molecule has 1 unspecified atom stereocenters. The van der Waals surface area contributed by atoms with Crippen LogP contribution in [0.15, 0.2) is 21.9 Å². The van der Waals surface area contributed by atoms with Crippen LogP contribution in [-0.4, -0.2) is 54.4 Å². The quantitative estimate of drug-likeness (QED) is 0.652. The lowest BCUT2D eigenvalue weighted by molar-refractivity contribution is -0.138. The molecule has 28 heavy (non-hydrogen) atoms. The molecule has 1 aliphatic heterocycles. The summed E-state index contributed by atoms with van der Waals surface area (Å²) in [5, 5.41) is 9.01. The number of carboxylic acids is 1. The molecule has 0 saturated carbocycles. The van der Waals surface area contributed by atoms with Crippen molar-refractivity contribution in [2.24, 2.45) is 0 Å². The van der Waals surface area contributed by atoms with Gasteiger partial charge in [-0.15, -0.1) is 0 Å². The lowest BCUT2D eigenvalue weighted by atomic mass is 10.1. The first-order valence-electron chi connectivity index (χ1n) is 9.26. The number of carbonyl (C=O) groups is 1. The molecule has 1 saturated heterocycles. The summed E-state index contributed by atoms with van der Waals surface area (Å²) in [4.78, 5) is 36.9. The van der Waals surface area contributed by atoms with Gasteiger partial charge in [0.2, 0.25) is 0 Å². The molecule has 1 aromatic rings. The lowest BCUT2D eigenvalue weighted by Crippen LogP contribution is -2.50. The number of aromatic nitrogens is 2. The van der Waals surface area contributed by atoms with Crippen molar-refractivity contribution in [2.45, 2.75) is 76.3 Å². The number of nitrogens with one attached hydrogen (secondary N) is 1. The summed E-state index contributed by atoms with van der Waals surface area (Å²) < 4.78 is 19.5. The van der Waals surface area contributed by atoms with Crippen LogP contribution < -0.4 is 11.2 Å². The van der Waals surface area contributed by atoms with Crippen molar-refractivity contribution < 1.29 is 23.8 Å². The molecule has 4 atom stereocenters. The number of H-pyrrole nitrogens is 1. The van der Waals surface area contributed by atoms with Gasteiger partial charge in [0.15, 0.2) is 14.5 Å². The third kappa shape index (κ3) is 4.80. The zero-order chi connectivity index (χ0) is 21.3. The number of rotatable bonds is 7. The van der Waals surface area contributed by atoms with Gasteiger partial charge in [0.05, 0.1) is 6.10 Å². The number of ether oxygens (including phenoxy) is 2. The van der Waals surface area contributed by atoms with E-state index in [4.69, 9.17) is 19.0 Å². The van der Waals surface area contributed by atoms with Crippen LogP contribution in [0.2, 0.25) is 18.1 Å². The third-order valence-corrected chi connectivity index (χ3v) is 10.0. The van der Waals surface area contributed by atoms with Crippen molar-refractivity contribution in [2.75, 3.05) is 7.11 Å². The summed E-state index contributed by atoms with van der Waals surface area (Å²) in [6, 6.07) is 1.23. The number of nitrogens with zero attached hydrogens (tertiary/aromatic N) is 1. The molecule has 2 heterocycles. The highest BCUT2D eigenvalue weighted by Gasteiger charge is 2.51. The van der Waals surface area contributed by atoms with Crippen molar-refractivity contribution >= 4 is 14.3 Å². The van der Waals surface area contributed by atoms with E-state index >= 15 is 0 Å². The van der Waals surface area contributed by atoms with E-state index in [9.17, 15) is 14.4 Å². The molecular weight excluding hydrogens is 384 g/mol. The van der Waals surface area contributed by atoms with Gasteiger partial charge in [-0.05, 0) is 24.6 Å². The molecule has 10 heteroatoms. The fourth-order valence-corrected chi connectivity index (χ4v) is 4.29. The van der Waals surface area contributed by atoms with Crippen molar-refractivity contribution in [3.63, 3.8) is 0 Å². The number of aromatic amines is 1. The number of carboxylic acid groups (broad SMARTS) is 1. The predicted molar refractivity (Wildman–Crippen MR) is 105 cm³/mol. The van der Waals surface area contributed by atoms with Crippen LogP contribution in [0.25, 0.3) is 0 Å². The highest BCUT2D eigenvalue weighted by molar-refractivity contribution is 6.74. The molecule has 1 aromatic heterocycles. The fraction of sp³-hybridized carbons (Fsp3) is 0.722. The standard InChI is InChI=1S/C18H30N2O7Si/c1-18(2,3)28(5,6)27-14-11(7-8-13(22)23)26-16(15(14)25-4)20-10-9-12(21)19-17(20)24/h9-11,14-16H,7-8H2,1-6H3,(H,22,23)(H,19,21,24)/t11-,14?,15-,16-/m1/s1. The summed E-state index contributed by atoms with van der Waals surface area (Å²) in [6.45, 7) is 10.5. The molecule has 2 rings (SSSR count). The van der Waals surface area contributed by atoms with Crippen LogP contribution in [0.5, 0.6) is 0 Å². The van der Waals surface area contributed by atoms with Gasteiger partial charge in [0, 0.05) is 25.8 Å². The topological polar surface area (TPSA) is 120 Å². The molecule has 0 radical (unpaired) electrons. The van der Waals surface area contributed by atoms with Gasteiger partial charge in [-0.3, -0.25) is 19.1 Å². The summed E-state index contributed by atoms with van der Waals surface area (Å²) in [7, 11) is -0.732. The molecule has 1 aliphatic rings. The van der Waals surface area contributed by atoms with Crippen LogP contribution in [0.1, 0.15) is 39.8 Å². The summed E-state index contributed by atoms with van der Waals surface area (Å²) in [5.74, 6) is -0.937. The maximum Gasteiger partial charge on any atom is 0.330 e. The average Bonchev–Trinajstić information content (AvgIpc) is 2.88. The molecule has 0 spiro atoms. The van der Waals surface area contributed by atoms with Gasteiger partial charge in [-0.2, -0.15) is 0 Å². The van der Waals surface area contributed by atoms with E-state index in [1.165, 1.54) is 23.9 Å². The van der Waals surface area contributed by atoms with E-state index in [0.29, 0.717) is 0 Å². The Morgan fingerprint density at radius 3 is 2.46 bits per heavy atom. The Hall–Kier alpha value is -1.75. The Kier molecular flexibility index (Phi) is 6.69. The molecule has 0 bridgehead atoms. The lowest BCUT2D eigenvalue weighted by Gasteiger charge is -2.40. The van der Waals surface area contributed by atoms with E-state index in [-0.39, 0.29) is 17.9 Å². The van der Waals surface area contributed by atoms with Crippen molar-refractivity contribution in [3.8, 4) is 0 Å². The van der Waals surface area contributed by atoms with Gasteiger partial charge in [-0.1, -0.05) is 20.8 Å². The zero-order valence-corrected chi connectivity index (χ0v) is 18.2. The van der Waals surface area contributed by atoms with Crippen LogP contribution in [-0.2, 0) is 18.7 Å². The van der Waals surface area contributed by atoms with Gasteiger partial charge in [-0.25, -0.2) is 4.79 Å². The number of hydrogen-bond acceptors (Lipinski definition) is 6. The van der Waals surface area contributed by atoms with Gasteiger partial charge < -0.3 is 19.0 Å². The first-order chi connectivity index (χ1) is 12.9.